The Labute approximate surface area is 153 Å². The minimum absolute atomic E-state index is 0.0522. The van der Waals surface area contributed by atoms with Crippen molar-refractivity contribution in [3.05, 3.63) is 41.3 Å². The van der Waals surface area contributed by atoms with Crippen LogP contribution in [0.1, 0.15) is 47.0 Å². The first-order chi connectivity index (χ1) is 12.6. The van der Waals surface area contributed by atoms with E-state index in [4.69, 9.17) is 4.74 Å². The highest BCUT2D eigenvalue weighted by molar-refractivity contribution is 5.94. The molecule has 4 rings (SSSR count). The van der Waals surface area contributed by atoms with Gasteiger partial charge < -0.3 is 15.0 Å². The van der Waals surface area contributed by atoms with Crippen LogP contribution >= 0.6 is 0 Å². The van der Waals surface area contributed by atoms with Crippen molar-refractivity contribution in [1.82, 2.24) is 20.1 Å². The van der Waals surface area contributed by atoms with Crippen LogP contribution in [-0.4, -0.2) is 46.4 Å². The van der Waals surface area contributed by atoms with E-state index >= 15 is 0 Å². The van der Waals surface area contributed by atoms with E-state index in [1.165, 1.54) is 12.8 Å². The SMILES string of the molecule is Cc1c([C@H]2OCC[C@@H]2NC(=O)c2ccc(N3CCCC3)nc2)cnn1C. The summed E-state index contributed by atoms with van der Waals surface area (Å²) >= 11 is 0. The van der Waals surface area contributed by atoms with Crippen LogP contribution in [0, 0.1) is 6.92 Å². The minimum atomic E-state index is -0.149. The summed E-state index contributed by atoms with van der Waals surface area (Å²) in [6.07, 6.45) is 6.57. The van der Waals surface area contributed by atoms with Crippen molar-refractivity contribution in [1.29, 1.82) is 0 Å². The average Bonchev–Trinajstić information content (AvgIpc) is 3.39. The molecule has 2 fully saturated rings. The van der Waals surface area contributed by atoms with Crippen LogP contribution in [0.25, 0.3) is 0 Å². The lowest BCUT2D eigenvalue weighted by Gasteiger charge is -2.20. The van der Waals surface area contributed by atoms with Gasteiger partial charge in [0.25, 0.3) is 5.91 Å². The monoisotopic (exact) mass is 355 g/mol. The molecule has 2 aliphatic heterocycles. The van der Waals surface area contributed by atoms with Gasteiger partial charge in [0.1, 0.15) is 11.9 Å². The number of carbonyl (C=O) groups is 1. The standard InChI is InChI=1S/C19H25N5O2/c1-13-15(12-21-23(13)2)18-16(7-10-26-18)22-19(25)14-5-6-17(20-11-14)24-8-3-4-9-24/h5-6,11-12,16,18H,3-4,7-10H2,1-2H3,(H,22,25)/t16-,18+/m0/s1. The number of carbonyl (C=O) groups excluding carboxylic acids is 1. The average molecular weight is 355 g/mol. The van der Waals surface area contributed by atoms with Gasteiger partial charge in [0, 0.05) is 44.2 Å². The van der Waals surface area contributed by atoms with Crippen molar-refractivity contribution in [3.63, 3.8) is 0 Å². The van der Waals surface area contributed by atoms with Gasteiger partial charge in [-0.05, 0) is 38.3 Å². The summed E-state index contributed by atoms with van der Waals surface area (Å²) in [5.74, 6) is 0.847. The quantitative estimate of drug-likeness (QED) is 0.908. The van der Waals surface area contributed by atoms with Gasteiger partial charge >= 0.3 is 0 Å². The van der Waals surface area contributed by atoms with Gasteiger partial charge in [0.05, 0.1) is 17.8 Å². The van der Waals surface area contributed by atoms with Crippen molar-refractivity contribution >= 4 is 11.7 Å². The van der Waals surface area contributed by atoms with Crippen LogP contribution in [0.15, 0.2) is 24.5 Å². The molecular weight excluding hydrogens is 330 g/mol. The van der Waals surface area contributed by atoms with Crippen LogP contribution in [-0.2, 0) is 11.8 Å². The molecule has 1 amide bonds. The van der Waals surface area contributed by atoms with Crippen LogP contribution in [0.4, 0.5) is 5.82 Å². The van der Waals surface area contributed by atoms with Crippen molar-refractivity contribution in [2.45, 2.75) is 38.3 Å². The zero-order chi connectivity index (χ0) is 18.1. The molecule has 7 heteroatoms. The Kier molecular flexibility index (Phi) is 4.63. The molecular formula is C19H25N5O2. The van der Waals surface area contributed by atoms with E-state index in [2.05, 4.69) is 20.3 Å². The molecule has 26 heavy (non-hydrogen) atoms. The summed E-state index contributed by atoms with van der Waals surface area (Å²) in [6, 6.07) is 3.74. The molecule has 138 valence electrons. The van der Waals surface area contributed by atoms with Crippen molar-refractivity contribution in [2.75, 3.05) is 24.6 Å². The molecule has 0 aliphatic carbocycles. The predicted molar refractivity (Wildman–Crippen MR) is 98.2 cm³/mol. The van der Waals surface area contributed by atoms with Crippen LogP contribution < -0.4 is 10.2 Å². The van der Waals surface area contributed by atoms with Gasteiger partial charge in [0.15, 0.2) is 0 Å². The van der Waals surface area contributed by atoms with Crippen molar-refractivity contribution in [3.8, 4) is 0 Å². The fraction of sp³-hybridized carbons (Fsp3) is 0.526. The summed E-state index contributed by atoms with van der Waals surface area (Å²) in [4.78, 5) is 19.4. The molecule has 1 N–H and O–H groups in total. The first-order valence-corrected chi connectivity index (χ1v) is 9.25. The van der Waals surface area contributed by atoms with E-state index in [0.717, 1.165) is 36.6 Å². The van der Waals surface area contributed by atoms with Crippen LogP contribution in [0.3, 0.4) is 0 Å². The third-order valence-electron chi connectivity index (χ3n) is 5.43. The second-order valence-electron chi connectivity index (χ2n) is 7.07. The predicted octanol–water partition coefficient (Wildman–Crippen LogP) is 1.98. The number of rotatable bonds is 4. The molecule has 2 aromatic rings. The lowest BCUT2D eigenvalue weighted by molar-refractivity contribution is 0.0819. The Morgan fingerprint density at radius 2 is 2.08 bits per heavy atom. The van der Waals surface area contributed by atoms with Crippen LogP contribution in [0.2, 0.25) is 0 Å². The first-order valence-electron chi connectivity index (χ1n) is 9.25. The van der Waals surface area contributed by atoms with E-state index < -0.39 is 0 Å². The lowest BCUT2D eigenvalue weighted by Crippen LogP contribution is -2.37. The summed E-state index contributed by atoms with van der Waals surface area (Å²) < 4.78 is 7.71. The normalized spacial score (nSPS) is 22.8. The minimum Gasteiger partial charge on any atom is -0.371 e. The molecule has 0 aromatic carbocycles. The number of anilines is 1. The number of aryl methyl sites for hydroxylation is 1. The van der Waals surface area contributed by atoms with E-state index in [1.54, 1.807) is 6.20 Å². The van der Waals surface area contributed by atoms with Gasteiger partial charge in [0.2, 0.25) is 0 Å². The van der Waals surface area contributed by atoms with E-state index in [-0.39, 0.29) is 18.1 Å². The fourth-order valence-electron chi connectivity index (χ4n) is 3.74. The lowest BCUT2D eigenvalue weighted by atomic mass is 10.0. The second-order valence-corrected chi connectivity index (χ2v) is 7.07. The molecule has 2 aliphatic rings. The van der Waals surface area contributed by atoms with Crippen molar-refractivity contribution < 1.29 is 9.53 Å². The highest BCUT2D eigenvalue weighted by Crippen LogP contribution is 2.31. The number of pyridine rings is 1. The molecule has 0 unspecified atom stereocenters. The number of nitrogens with zero attached hydrogens (tertiary/aromatic N) is 4. The summed E-state index contributed by atoms with van der Waals surface area (Å²) in [5, 5.41) is 7.40. The summed E-state index contributed by atoms with van der Waals surface area (Å²) in [5.41, 5.74) is 2.69. The first kappa shape index (κ1) is 17.0. The van der Waals surface area contributed by atoms with E-state index in [9.17, 15) is 4.79 Å². The van der Waals surface area contributed by atoms with Gasteiger partial charge in [-0.15, -0.1) is 0 Å². The summed E-state index contributed by atoms with van der Waals surface area (Å²) in [6.45, 7) is 4.74. The number of nitrogens with one attached hydrogen (secondary N) is 1. The van der Waals surface area contributed by atoms with Gasteiger partial charge in [-0.25, -0.2) is 4.98 Å². The maximum atomic E-state index is 12.7. The largest absolute Gasteiger partial charge is 0.371 e. The fourth-order valence-corrected chi connectivity index (χ4v) is 3.74. The van der Waals surface area contributed by atoms with Gasteiger partial charge in [-0.3, -0.25) is 9.48 Å². The second kappa shape index (κ2) is 7.07. The Bertz CT molecular complexity index is 780. The maximum absolute atomic E-state index is 12.7. The van der Waals surface area contributed by atoms with Crippen molar-refractivity contribution in [2.24, 2.45) is 7.05 Å². The molecule has 2 aromatic heterocycles. The Balaban J connectivity index is 1.44. The van der Waals surface area contributed by atoms with Gasteiger partial charge in [-0.1, -0.05) is 0 Å². The van der Waals surface area contributed by atoms with E-state index in [1.807, 2.05) is 37.0 Å². The number of hydrogen-bond acceptors (Lipinski definition) is 5. The molecule has 2 saturated heterocycles. The number of amides is 1. The molecule has 7 nitrogen and oxygen atoms in total. The number of aromatic nitrogens is 3. The topological polar surface area (TPSA) is 72.3 Å². The number of ether oxygens (including phenoxy) is 1. The van der Waals surface area contributed by atoms with Crippen LogP contribution in [0.5, 0.6) is 0 Å². The molecule has 4 heterocycles. The molecule has 0 radical (unpaired) electrons. The number of hydrogen-bond donors (Lipinski definition) is 1. The maximum Gasteiger partial charge on any atom is 0.253 e. The molecule has 0 bridgehead atoms. The highest BCUT2D eigenvalue weighted by atomic mass is 16.5. The third-order valence-corrected chi connectivity index (χ3v) is 5.43. The smallest absolute Gasteiger partial charge is 0.253 e. The zero-order valence-electron chi connectivity index (χ0n) is 15.3. The zero-order valence-corrected chi connectivity index (χ0v) is 15.3. The Hall–Kier alpha value is -2.41. The molecule has 2 atom stereocenters. The molecule has 0 spiro atoms. The molecule has 0 saturated carbocycles. The highest BCUT2D eigenvalue weighted by Gasteiger charge is 2.33. The Morgan fingerprint density at radius 1 is 1.27 bits per heavy atom. The third kappa shape index (κ3) is 3.19. The van der Waals surface area contributed by atoms with E-state index in [0.29, 0.717) is 12.2 Å². The van der Waals surface area contributed by atoms with Gasteiger partial charge in [-0.2, -0.15) is 5.10 Å². The Morgan fingerprint density at radius 3 is 2.73 bits per heavy atom. The summed E-state index contributed by atoms with van der Waals surface area (Å²) in [7, 11) is 1.91.